The molecule has 2 heterocycles. The minimum Gasteiger partial charge on any atom is -0.376 e. The van der Waals surface area contributed by atoms with Crippen LogP contribution < -0.4 is 5.32 Å². The van der Waals surface area contributed by atoms with E-state index in [4.69, 9.17) is 4.74 Å². The summed E-state index contributed by atoms with van der Waals surface area (Å²) in [6.07, 6.45) is 3.65. The first-order valence-electron chi connectivity index (χ1n) is 5.65. The van der Waals surface area contributed by atoms with Crippen LogP contribution in [0.3, 0.4) is 0 Å². The molecule has 2 fully saturated rings. The summed E-state index contributed by atoms with van der Waals surface area (Å²) in [6, 6.07) is 0.182. The number of hydrogen-bond acceptors (Lipinski definition) is 4. The number of amides is 1. The van der Waals surface area contributed by atoms with Crippen molar-refractivity contribution < 1.29 is 9.53 Å². The third kappa shape index (κ3) is 1.97. The first-order valence-corrected chi connectivity index (χ1v) is 6.59. The molecule has 4 nitrogen and oxygen atoms in total. The second kappa shape index (κ2) is 4.14. The summed E-state index contributed by atoms with van der Waals surface area (Å²) in [5, 5.41) is 4.81. The molecule has 1 aromatic rings. The van der Waals surface area contributed by atoms with E-state index in [0.29, 0.717) is 11.6 Å². The van der Waals surface area contributed by atoms with Crippen molar-refractivity contribution in [3.63, 3.8) is 0 Å². The molecule has 0 aromatic carbocycles. The van der Waals surface area contributed by atoms with Crippen molar-refractivity contribution >= 4 is 17.2 Å². The van der Waals surface area contributed by atoms with Gasteiger partial charge in [0.1, 0.15) is 5.69 Å². The van der Waals surface area contributed by atoms with Gasteiger partial charge in [-0.25, -0.2) is 4.98 Å². The normalized spacial score (nSPS) is 29.2. The molecule has 86 valence electrons. The lowest BCUT2D eigenvalue weighted by Crippen LogP contribution is -2.41. The molecule has 1 N–H and O–H groups in total. The second-order valence-electron chi connectivity index (χ2n) is 4.42. The molecule has 3 rings (SSSR count). The molecule has 1 saturated carbocycles. The van der Waals surface area contributed by atoms with Gasteiger partial charge in [0.25, 0.3) is 5.91 Å². The van der Waals surface area contributed by atoms with Crippen molar-refractivity contribution in [2.45, 2.75) is 31.4 Å². The fourth-order valence-corrected chi connectivity index (χ4v) is 2.75. The van der Waals surface area contributed by atoms with E-state index in [1.165, 1.54) is 24.2 Å². The maximum atomic E-state index is 11.8. The molecule has 2 atom stereocenters. The van der Waals surface area contributed by atoms with E-state index in [9.17, 15) is 4.79 Å². The molecule has 5 heteroatoms. The number of carbonyl (C=O) groups excluding carboxylic acids is 1. The zero-order chi connectivity index (χ0) is 11.0. The molecular weight excluding hydrogens is 224 g/mol. The zero-order valence-electron chi connectivity index (χ0n) is 8.89. The van der Waals surface area contributed by atoms with Gasteiger partial charge < -0.3 is 10.1 Å². The van der Waals surface area contributed by atoms with Crippen molar-refractivity contribution in [3.05, 3.63) is 16.6 Å². The van der Waals surface area contributed by atoms with Crippen LogP contribution in [0.25, 0.3) is 0 Å². The number of thiazole rings is 1. The van der Waals surface area contributed by atoms with Crippen LogP contribution in [-0.2, 0) is 4.74 Å². The third-order valence-corrected chi connectivity index (χ3v) is 3.79. The maximum absolute atomic E-state index is 11.8. The van der Waals surface area contributed by atoms with Gasteiger partial charge in [-0.05, 0) is 25.2 Å². The van der Waals surface area contributed by atoms with Crippen molar-refractivity contribution in [1.29, 1.82) is 0 Å². The molecular formula is C11H14N2O2S. The molecule has 1 saturated heterocycles. The van der Waals surface area contributed by atoms with Gasteiger partial charge in [0.05, 0.1) is 17.7 Å². The van der Waals surface area contributed by atoms with Crippen LogP contribution in [0.15, 0.2) is 10.9 Å². The standard InChI is InChI=1S/C11H14N2O2S/c14-11(9-5-16-6-12-9)13-8-3-4-15-10(8)7-1-2-7/h5-8,10H,1-4H2,(H,13,14). The lowest BCUT2D eigenvalue weighted by molar-refractivity contribution is 0.0727. The Balaban J connectivity index is 1.63. The van der Waals surface area contributed by atoms with E-state index in [1.54, 1.807) is 10.9 Å². The van der Waals surface area contributed by atoms with Gasteiger partial charge in [-0.1, -0.05) is 0 Å². The molecule has 1 amide bonds. The van der Waals surface area contributed by atoms with Gasteiger partial charge >= 0.3 is 0 Å². The summed E-state index contributed by atoms with van der Waals surface area (Å²) < 4.78 is 5.68. The summed E-state index contributed by atoms with van der Waals surface area (Å²) in [4.78, 5) is 15.8. The van der Waals surface area contributed by atoms with Crippen molar-refractivity contribution in [2.24, 2.45) is 5.92 Å². The fourth-order valence-electron chi connectivity index (χ4n) is 2.22. The number of hydrogen-bond donors (Lipinski definition) is 1. The lowest BCUT2D eigenvalue weighted by Gasteiger charge is -2.18. The SMILES string of the molecule is O=C(NC1CCOC1C1CC1)c1cscn1. The largest absolute Gasteiger partial charge is 0.376 e. The topological polar surface area (TPSA) is 51.2 Å². The minimum atomic E-state index is -0.0672. The predicted octanol–water partition coefficient (Wildman–Crippen LogP) is 1.44. The highest BCUT2D eigenvalue weighted by atomic mass is 32.1. The Morgan fingerprint density at radius 1 is 1.50 bits per heavy atom. The van der Waals surface area contributed by atoms with Gasteiger partial charge in [0.2, 0.25) is 0 Å². The maximum Gasteiger partial charge on any atom is 0.271 e. The summed E-state index contributed by atoms with van der Waals surface area (Å²) in [5.41, 5.74) is 2.20. The molecule has 2 aliphatic rings. The Bertz CT molecular complexity index is 375. The summed E-state index contributed by atoms with van der Waals surface area (Å²) in [5.74, 6) is 0.602. The number of nitrogens with zero attached hydrogens (tertiary/aromatic N) is 1. The van der Waals surface area contributed by atoms with Gasteiger partial charge in [-0.15, -0.1) is 11.3 Å². The molecule has 1 aliphatic heterocycles. The minimum absolute atomic E-state index is 0.0672. The monoisotopic (exact) mass is 238 g/mol. The smallest absolute Gasteiger partial charge is 0.271 e. The van der Waals surface area contributed by atoms with E-state index in [0.717, 1.165) is 13.0 Å². The van der Waals surface area contributed by atoms with Crippen LogP contribution in [0, 0.1) is 5.92 Å². The molecule has 0 spiro atoms. The van der Waals surface area contributed by atoms with Crippen LogP contribution in [0.4, 0.5) is 0 Å². The fraction of sp³-hybridized carbons (Fsp3) is 0.636. The molecule has 1 aromatic heterocycles. The Kier molecular flexibility index (Phi) is 2.65. The van der Waals surface area contributed by atoms with Crippen molar-refractivity contribution in [1.82, 2.24) is 10.3 Å². The van der Waals surface area contributed by atoms with Crippen LogP contribution in [-0.4, -0.2) is 29.6 Å². The van der Waals surface area contributed by atoms with E-state index in [2.05, 4.69) is 10.3 Å². The molecule has 2 unspecified atom stereocenters. The van der Waals surface area contributed by atoms with E-state index < -0.39 is 0 Å². The number of carbonyl (C=O) groups is 1. The van der Waals surface area contributed by atoms with Gasteiger partial charge in [0.15, 0.2) is 0 Å². The van der Waals surface area contributed by atoms with Gasteiger partial charge in [0, 0.05) is 12.0 Å². The Morgan fingerprint density at radius 2 is 2.38 bits per heavy atom. The van der Waals surface area contributed by atoms with Crippen LogP contribution in [0.5, 0.6) is 0 Å². The van der Waals surface area contributed by atoms with Crippen LogP contribution >= 0.6 is 11.3 Å². The van der Waals surface area contributed by atoms with Gasteiger partial charge in [-0.2, -0.15) is 0 Å². The molecule has 16 heavy (non-hydrogen) atoms. The molecule has 1 aliphatic carbocycles. The Hall–Kier alpha value is -0.940. The first kappa shape index (κ1) is 10.2. The van der Waals surface area contributed by atoms with E-state index in [-0.39, 0.29) is 18.1 Å². The Morgan fingerprint density at radius 3 is 3.06 bits per heavy atom. The molecule has 0 bridgehead atoms. The van der Waals surface area contributed by atoms with E-state index in [1.807, 2.05) is 0 Å². The summed E-state index contributed by atoms with van der Waals surface area (Å²) in [7, 11) is 0. The number of nitrogens with one attached hydrogen (secondary N) is 1. The van der Waals surface area contributed by atoms with E-state index >= 15 is 0 Å². The Labute approximate surface area is 98.0 Å². The predicted molar refractivity (Wildman–Crippen MR) is 60.4 cm³/mol. The lowest BCUT2D eigenvalue weighted by atomic mass is 10.1. The second-order valence-corrected chi connectivity index (χ2v) is 5.13. The molecule has 0 radical (unpaired) electrons. The highest BCUT2D eigenvalue weighted by molar-refractivity contribution is 7.07. The third-order valence-electron chi connectivity index (χ3n) is 3.20. The van der Waals surface area contributed by atoms with Crippen molar-refractivity contribution in [3.8, 4) is 0 Å². The highest BCUT2D eigenvalue weighted by Crippen LogP contribution is 2.38. The quantitative estimate of drug-likeness (QED) is 0.867. The average molecular weight is 238 g/mol. The number of rotatable bonds is 3. The average Bonchev–Trinajstić information content (AvgIpc) is 2.83. The highest BCUT2D eigenvalue weighted by Gasteiger charge is 2.41. The summed E-state index contributed by atoms with van der Waals surface area (Å²) >= 11 is 1.44. The van der Waals surface area contributed by atoms with Crippen molar-refractivity contribution in [2.75, 3.05) is 6.61 Å². The van der Waals surface area contributed by atoms with Crippen LogP contribution in [0.1, 0.15) is 29.8 Å². The zero-order valence-corrected chi connectivity index (χ0v) is 9.70. The summed E-state index contributed by atoms with van der Waals surface area (Å²) in [6.45, 7) is 0.767. The number of aromatic nitrogens is 1. The number of ether oxygens (including phenoxy) is 1. The van der Waals surface area contributed by atoms with Crippen LogP contribution in [0.2, 0.25) is 0 Å². The first-order chi connectivity index (χ1) is 7.84. The van der Waals surface area contributed by atoms with Gasteiger partial charge in [-0.3, -0.25) is 4.79 Å².